The van der Waals surface area contributed by atoms with Gasteiger partial charge in [0.05, 0.1) is 17.2 Å². The smallest absolute Gasteiger partial charge is 0.191 e. The third-order valence-corrected chi connectivity index (χ3v) is 5.82. The molecule has 0 aromatic carbocycles. The largest absolute Gasteiger partial charge is 0.357 e. The van der Waals surface area contributed by atoms with E-state index in [9.17, 15) is 0 Å². The van der Waals surface area contributed by atoms with Crippen molar-refractivity contribution in [3.8, 4) is 0 Å². The first kappa shape index (κ1) is 23.6. The minimum absolute atomic E-state index is 0. The van der Waals surface area contributed by atoms with Crippen molar-refractivity contribution in [1.29, 1.82) is 0 Å². The van der Waals surface area contributed by atoms with Crippen LogP contribution in [-0.2, 0) is 6.54 Å². The number of aromatic nitrogens is 1. The Morgan fingerprint density at radius 2 is 1.88 bits per heavy atom. The van der Waals surface area contributed by atoms with Crippen molar-refractivity contribution >= 4 is 41.3 Å². The number of halogens is 1. The molecule has 1 aromatic heterocycles. The Labute approximate surface area is 179 Å². The van der Waals surface area contributed by atoms with Gasteiger partial charge in [-0.1, -0.05) is 6.92 Å². The second-order valence-corrected chi connectivity index (χ2v) is 7.92. The topological polar surface area (TPSA) is 55.8 Å². The van der Waals surface area contributed by atoms with E-state index in [1.54, 1.807) is 11.3 Å². The Hall–Kier alpha value is -0.450. The predicted molar refractivity (Wildman–Crippen MR) is 123 cm³/mol. The molecule has 1 unspecified atom stereocenters. The molecule has 1 aromatic rings. The Morgan fingerprint density at radius 3 is 2.42 bits per heavy atom. The summed E-state index contributed by atoms with van der Waals surface area (Å²) in [4.78, 5) is 15.6. The maximum atomic E-state index is 4.74. The van der Waals surface area contributed by atoms with Gasteiger partial charge in [0.1, 0.15) is 0 Å². The Bertz CT molecular complexity index is 554. The molecule has 0 aliphatic carbocycles. The number of hydrogen-bond acceptors (Lipinski definition) is 5. The molecule has 0 spiro atoms. The van der Waals surface area contributed by atoms with E-state index in [4.69, 9.17) is 4.99 Å². The van der Waals surface area contributed by atoms with Crippen LogP contribution >= 0.6 is 35.3 Å². The second kappa shape index (κ2) is 12.1. The molecule has 0 amide bonds. The highest BCUT2D eigenvalue weighted by atomic mass is 127. The summed E-state index contributed by atoms with van der Waals surface area (Å²) in [6.45, 7) is 19.1. The third-order valence-electron chi connectivity index (χ3n) is 4.77. The van der Waals surface area contributed by atoms with Crippen molar-refractivity contribution in [2.75, 3.05) is 45.8 Å². The predicted octanol–water partition coefficient (Wildman–Crippen LogP) is 2.46. The van der Waals surface area contributed by atoms with E-state index in [0.29, 0.717) is 12.6 Å². The molecule has 0 saturated carbocycles. The van der Waals surface area contributed by atoms with Crippen LogP contribution in [0, 0.1) is 13.8 Å². The van der Waals surface area contributed by atoms with Crippen molar-refractivity contribution in [3.63, 3.8) is 0 Å². The van der Waals surface area contributed by atoms with Crippen LogP contribution in [-0.4, -0.2) is 72.6 Å². The monoisotopic (exact) mass is 494 g/mol. The van der Waals surface area contributed by atoms with E-state index >= 15 is 0 Å². The number of aliphatic imine (C=N–C) groups is 1. The first-order chi connectivity index (χ1) is 12.0. The van der Waals surface area contributed by atoms with Gasteiger partial charge in [-0.25, -0.2) is 9.98 Å². The van der Waals surface area contributed by atoms with Gasteiger partial charge in [0, 0.05) is 50.2 Å². The molecule has 0 radical (unpaired) electrons. The number of hydrogen-bond donors (Lipinski definition) is 2. The molecule has 0 bridgehead atoms. The summed E-state index contributed by atoms with van der Waals surface area (Å²) in [6, 6.07) is 0.509. The maximum absolute atomic E-state index is 4.74. The zero-order valence-electron chi connectivity index (χ0n) is 16.8. The van der Waals surface area contributed by atoms with Crippen molar-refractivity contribution in [1.82, 2.24) is 25.4 Å². The van der Waals surface area contributed by atoms with E-state index in [2.05, 4.69) is 53.1 Å². The molecule has 2 N–H and O–H groups in total. The molecule has 2 rings (SSSR count). The van der Waals surface area contributed by atoms with E-state index in [0.717, 1.165) is 49.4 Å². The van der Waals surface area contributed by atoms with Crippen LogP contribution in [0.25, 0.3) is 0 Å². The van der Waals surface area contributed by atoms with Crippen LogP contribution in [0.5, 0.6) is 0 Å². The van der Waals surface area contributed by atoms with E-state index in [1.165, 1.54) is 18.0 Å². The van der Waals surface area contributed by atoms with Crippen LogP contribution in [0.1, 0.15) is 36.3 Å². The van der Waals surface area contributed by atoms with Gasteiger partial charge < -0.3 is 15.5 Å². The summed E-state index contributed by atoms with van der Waals surface area (Å²) < 4.78 is 0. The molecule has 1 saturated heterocycles. The number of nitrogens with one attached hydrogen (secondary N) is 2. The summed E-state index contributed by atoms with van der Waals surface area (Å²) in [7, 11) is 0. The molecule has 1 aliphatic heterocycles. The SMILES string of the molecule is CCNC(=NCc1sc(C)nc1C)NCC(C)N1CCN(CC)CC1.I. The van der Waals surface area contributed by atoms with Crippen LogP contribution in [0.4, 0.5) is 0 Å². The fourth-order valence-corrected chi connectivity index (χ4v) is 3.97. The fraction of sp³-hybridized carbons (Fsp3) is 0.778. The van der Waals surface area contributed by atoms with Crippen LogP contribution < -0.4 is 10.6 Å². The summed E-state index contributed by atoms with van der Waals surface area (Å²) in [5.41, 5.74) is 1.10. The number of likely N-dealkylation sites (N-methyl/N-ethyl adjacent to an activating group) is 1. The highest BCUT2D eigenvalue weighted by Crippen LogP contribution is 2.17. The average molecular weight is 494 g/mol. The highest BCUT2D eigenvalue weighted by Gasteiger charge is 2.20. The van der Waals surface area contributed by atoms with Crippen molar-refractivity contribution in [3.05, 3.63) is 15.6 Å². The van der Waals surface area contributed by atoms with E-state index < -0.39 is 0 Å². The van der Waals surface area contributed by atoms with Gasteiger partial charge in [-0.2, -0.15) is 0 Å². The van der Waals surface area contributed by atoms with Crippen molar-refractivity contribution in [2.24, 2.45) is 4.99 Å². The lowest BCUT2D eigenvalue weighted by atomic mass is 10.2. The first-order valence-corrected chi connectivity index (χ1v) is 10.3. The Balaban J connectivity index is 0.00000338. The van der Waals surface area contributed by atoms with Gasteiger partial charge >= 0.3 is 0 Å². The van der Waals surface area contributed by atoms with Crippen LogP contribution in [0.15, 0.2) is 4.99 Å². The minimum Gasteiger partial charge on any atom is -0.357 e. The minimum atomic E-state index is 0. The van der Waals surface area contributed by atoms with Gasteiger partial charge in [0.15, 0.2) is 5.96 Å². The lowest BCUT2D eigenvalue weighted by Crippen LogP contribution is -2.53. The zero-order chi connectivity index (χ0) is 18.2. The van der Waals surface area contributed by atoms with Gasteiger partial charge in [0.25, 0.3) is 0 Å². The number of guanidine groups is 1. The van der Waals surface area contributed by atoms with Crippen molar-refractivity contribution < 1.29 is 0 Å². The molecular formula is C18H35IN6S. The normalized spacial score (nSPS) is 17.7. The number of rotatable bonds is 7. The summed E-state index contributed by atoms with van der Waals surface area (Å²) in [5.74, 6) is 0.895. The standard InChI is InChI=1S/C18H34N6S.HI/c1-6-19-18(21-13-17-15(4)22-16(5)25-17)20-12-14(3)24-10-8-23(7-2)9-11-24;/h14H,6-13H2,1-5H3,(H2,19,20,21);1H. The molecule has 6 nitrogen and oxygen atoms in total. The molecule has 1 atom stereocenters. The number of thiazole rings is 1. The molecule has 1 fully saturated rings. The maximum Gasteiger partial charge on any atom is 0.191 e. The molecular weight excluding hydrogens is 459 g/mol. The van der Waals surface area contributed by atoms with Crippen LogP contribution in [0.3, 0.4) is 0 Å². The van der Waals surface area contributed by atoms with E-state index in [1.807, 2.05) is 6.92 Å². The highest BCUT2D eigenvalue weighted by molar-refractivity contribution is 14.0. The molecule has 8 heteroatoms. The average Bonchev–Trinajstić information content (AvgIpc) is 2.94. The zero-order valence-corrected chi connectivity index (χ0v) is 20.0. The number of piperazine rings is 1. The molecule has 2 heterocycles. The van der Waals surface area contributed by atoms with Gasteiger partial charge in [0.2, 0.25) is 0 Å². The lowest BCUT2D eigenvalue weighted by molar-refractivity contribution is 0.107. The lowest BCUT2D eigenvalue weighted by Gasteiger charge is -2.37. The van der Waals surface area contributed by atoms with Gasteiger partial charge in [-0.3, -0.25) is 4.90 Å². The number of aryl methyl sites for hydroxylation is 2. The number of nitrogens with zero attached hydrogens (tertiary/aromatic N) is 4. The van der Waals surface area contributed by atoms with Gasteiger partial charge in [-0.15, -0.1) is 35.3 Å². The second-order valence-electron chi connectivity index (χ2n) is 6.64. The molecule has 150 valence electrons. The Kier molecular flexibility index (Phi) is 11.0. The molecule has 26 heavy (non-hydrogen) atoms. The summed E-state index contributed by atoms with van der Waals surface area (Å²) in [5, 5.41) is 7.97. The summed E-state index contributed by atoms with van der Waals surface area (Å²) in [6.07, 6.45) is 0. The van der Waals surface area contributed by atoms with E-state index in [-0.39, 0.29) is 24.0 Å². The fourth-order valence-electron chi connectivity index (χ4n) is 3.11. The van der Waals surface area contributed by atoms with Crippen molar-refractivity contribution in [2.45, 2.75) is 47.2 Å². The van der Waals surface area contributed by atoms with Gasteiger partial charge in [-0.05, 0) is 34.2 Å². The summed E-state index contributed by atoms with van der Waals surface area (Å²) >= 11 is 1.74. The van der Waals surface area contributed by atoms with Crippen LogP contribution in [0.2, 0.25) is 0 Å². The third kappa shape index (κ3) is 7.28. The molecule has 1 aliphatic rings. The quantitative estimate of drug-likeness (QED) is 0.347. The Morgan fingerprint density at radius 1 is 1.19 bits per heavy atom. The first-order valence-electron chi connectivity index (χ1n) is 9.45.